The summed E-state index contributed by atoms with van der Waals surface area (Å²) in [4.78, 5) is 22.6. The Hall–Kier alpha value is -4.08. The first kappa shape index (κ1) is 25.6. The molecule has 0 spiro atoms. The number of halogens is 1. The van der Waals surface area contributed by atoms with Crippen molar-refractivity contribution in [2.45, 2.75) is 57.9 Å². The fourth-order valence-electron chi connectivity index (χ4n) is 4.71. The number of rotatable bonds is 8. The van der Waals surface area contributed by atoms with Crippen LogP contribution in [0, 0.1) is 5.82 Å². The first-order chi connectivity index (χ1) is 18.2. The van der Waals surface area contributed by atoms with E-state index in [1.807, 2.05) is 39.0 Å². The van der Waals surface area contributed by atoms with E-state index in [0.29, 0.717) is 61.1 Å². The Balaban J connectivity index is 1.30. The van der Waals surface area contributed by atoms with E-state index in [1.54, 1.807) is 17.2 Å². The summed E-state index contributed by atoms with van der Waals surface area (Å²) in [7, 11) is 0. The minimum absolute atomic E-state index is 0.0521. The molecule has 38 heavy (non-hydrogen) atoms. The highest BCUT2D eigenvalue weighted by Crippen LogP contribution is 2.33. The van der Waals surface area contributed by atoms with Gasteiger partial charge in [-0.15, -0.1) is 0 Å². The SMILES string of the molecule is C=CC(=O)N1CCC(Nc2n[nH]c3nccc(-c4ccc(CCCc5noc(C(C)(C)C)n5)c(F)c4)c23)C1. The lowest BCUT2D eigenvalue weighted by Gasteiger charge is -2.15. The first-order valence-electron chi connectivity index (χ1n) is 12.9. The molecule has 1 amide bonds. The zero-order chi connectivity index (χ0) is 26.9. The third kappa shape index (κ3) is 5.29. The van der Waals surface area contributed by atoms with Crippen LogP contribution in [0.5, 0.6) is 0 Å². The second-order valence-corrected chi connectivity index (χ2v) is 10.7. The number of nitrogens with zero attached hydrogens (tertiary/aromatic N) is 5. The molecule has 0 bridgehead atoms. The van der Waals surface area contributed by atoms with Crippen molar-refractivity contribution < 1.29 is 13.7 Å². The molecule has 1 unspecified atom stereocenters. The molecule has 1 atom stereocenters. The molecule has 0 radical (unpaired) electrons. The average Bonchev–Trinajstić information content (AvgIpc) is 3.65. The highest BCUT2D eigenvalue weighted by Gasteiger charge is 2.26. The molecular weight excluding hydrogens is 485 g/mol. The van der Waals surface area contributed by atoms with Crippen molar-refractivity contribution in [3.63, 3.8) is 0 Å². The van der Waals surface area contributed by atoms with Crippen LogP contribution in [0.2, 0.25) is 0 Å². The van der Waals surface area contributed by atoms with Gasteiger partial charge in [-0.2, -0.15) is 10.1 Å². The molecule has 2 N–H and O–H groups in total. The number of pyridine rings is 1. The molecule has 1 saturated heterocycles. The number of aromatic amines is 1. The number of nitrogens with one attached hydrogen (secondary N) is 2. The Labute approximate surface area is 220 Å². The van der Waals surface area contributed by atoms with Crippen LogP contribution in [0.25, 0.3) is 22.2 Å². The van der Waals surface area contributed by atoms with Gasteiger partial charge in [-0.25, -0.2) is 9.37 Å². The highest BCUT2D eigenvalue weighted by atomic mass is 19.1. The third-order valence-corrected chi connectivity index (χ3v) is 6.80. The van der Waals surface area contributed by atoms with Crippen molar-refractivity contribution in [2.75, 3.05) is 18.4 Å². The number of H-pyrrole nitrogens is 1. The number of amides is 1. The molecule has 4 heterocycles. The van der Waals surface area contributed by atoms with Crippen LogP contribution in [0.1, 0.15) is 50.9 Å². The zero-order valence-corrected chi connectivity index (χ0v) is 21.9. The first-order valence-corrected chi connectivity index (χ1v) is 12.9. The molecular formula is C28H32FN7O2. The molecule has 10 heteroatoms. The van der Waals surface area contributed by atoms with Gasteiger partial charge in [0.1, 0.15) is 5.82 Å². The molecule has 198 valence electrons. The summed E-state index contributed by atoms with van der Waals surface area (Å²) in [6.07, 6.45) is 5.71. The number of aryl methyl sites for hydroxylation is 2. The van der Waals surface area contributed by atoms with E-state index in [-0.39, 0.29) is 23.2 Å². The van der Waals surface area contributed by atoms with E-state index in [2.05, 4.69) is 37.2 Å². The maximum absolute atomic E-state index is 15.2. The molecule has 9 nitrogen and oxygen atoms in total. The van der Waals surface area contributed by atoms with Crippen LogP contribution in [0.15, 0.2) is 47.6 Å². The third-order valence-electron chi connectivity index (χ3n) is 6.80. The zero-order valence-electron chi connectivity index (χ0n) is 21.9. The standard InChI is InChI=1S/C28H32FN7O2/c1-5-23(37)36-14-12-19(16-36)31-26-24-20(11-13-30-25(24)33-34-26)18-10-9-17(21(29)15-18)7-6-8-22-32-27(38-35-22)28(2,3)4/h5,9-11,13,15,19H,1,6-8,12,14,16H2,2-4H3,(H2,30,31,33,34). The van der Waals surface area contributed by atoms with Crippen molar-refractivity contribution >= 4 is 22.8 Å². The molecule has 5 rings (SSSR count). The van der Waals surface area contributed by atoms with Crippen LogP contribution in [-0.4, -0.2) is 55.3 Å². The minimum atomic E-state index is -0.261. The van der Waals surface area contributed by atoms with Crippen LogP contribution in [-0.2, 0) is 23.1 Å². The summed E-state index contributed by atoms with van der Waals surface area (Å²) in [5, 5.41) is 15.7. The Morgan fingerprint density at radius 3 is 2.89 bits per heavy atom. The van der Waals surface area contributed by atoms with Crippen LogP contribution in [0.4, 0.5) is 10.2 Å². The van der Waals surface area contributed by atoms with E-state index in [0.717, 1.165) is 22.9 Å². The second kappa shape index (κ2) is 10.4. The number of hydrogen-bond acceptors (Lipinski definition) is 7. The van der Waals surface area contributed by atoms with Crippen LogP contribution >= 0.6 is 0 Å². The van der Waals surface area contributed by atoms with Crippen molar-refractivity contribution in [1.29, 1.82) is 0 Å². The number of anilines is 1. The predicted octanol–water partition coefficient (Wildman–Crippen LogP) is 4.82. The predicted molar refractivity (Wildman–Crippen MR) is 143 cm³/mol. The molecule has 0 saturated carbocycles. The molecule has 1 aliphatic rings. The number of carbonyl (C=O) groups is 1. The Morgan fingerprint density at radius 2 is 2.16 bits per heavy atom. The number of fused-ring (bicyclic) bond motifs is 1. The summed E-state index contributed by atoms with van der Waals surface area (Å²) in [6.45, 7) is 10.9. The largest absolute Gasteiger partial charge is 0.363 e. The highest BCUT2D eigenvalue weighted by molar-refractivity contribution is 6.00. The quantitative estimate of drug-likeness (QED) is 0.322. The number of carbonyl (C=O) groups excluding carboxylic acids is 1. The maximum atomic E-state index is 15.2. The average molecular weight is 518 g/mol. The Bertz CT molecular complexity index is 1470. The van der Waals surface area contributed by atoms with Crippen molar-refractivity contribution in [2.24, 2.45) is 0 Å². The van der Waals surface area contributed by atoms with Gasteiger partial charge in [0.15, 0.2) is 17.3 Å². The monoisotopic (exact) mass is 517 g/mol. The fraction of sp³-hybridized carbons (Fsp3) is 0.393. The van der Waals surface area contributed by atoms with Gasteiger partial charge in [0.25, 0.3) is 0 Å². The fourth-order valence-corrected chi connectivity index (χ4v) is 4.71. The van der Waals surface area contributed by atoms with E-state index < -0.39 is 0 Å². The maximum Gasteiger partial charge on any atom is 0.246 e. The van der Waals surface area contributed by atoms with Gasteiger partial charge in [-0.05, 0) is 54.2 Å². The van der Waals surface area contributed by atoms with Gasteiger partial charge in [0.2, 0.25) is 11.8 Å². The summed E-state index contributed by atoms with van der Waals surface area (Å²) >= 11 is 0. The summed E-state index contributed by atoms with van der Waals surface area (Å²) in [6, 6.07) is 7.24. The van der Waals surface area contributed by atoms with Crippen molar-refractivity contribution in [3.8, 4) is 11.1 Å². The van der Waals surface area contributed by atoms with Crippen molar-refractivity contribution in [1.82, 2.24) is 30.2 Å². The molecule has 3 aromatic heterocycles. The lowest BCUT2D eigenvalue weighted by molar-refractivity contribution is -0.125. The molecule has 0 aliphatic carbocycles. The van der Waals surface area contributed by atoms with E-state index in [4.69, 9.17) is 4.52 Å². The lowest BCUT2D eigenvalue weighted by Crippen LogP contribution is -2.30. The summed E-state index contributed by atoms with van der Waals surface area (Å²) in [5.41, 5.74) is 2.63. The number of benzene rings is 1. The van der Waals surface area contributed by atoms with Crippen LogP contribution in [0.3, 0.4) is 0 Å². The Morgan fingerprint density at radius 1 is 1.32 bits per heavy atom. The van der Waals surface area contributed by atoms with E-state index >= 15 is 4.39 Å². The van der Waals surface area contributed by atoms with Crippen LogP contribution < -0.4 is 5.32 Å². The second-order valence-electron chi connectivity index (χ2n) is 10.7. The topological polar surface area (TPSA) is 113 Å². The Kier molecular flexibility index (Phi) is 6.96. The van der Waals surface area contributed by atoms with Gasteiger partial charge in [0, 0.05) is 37.2 Å². The molecule has 1 fully saturated rings. The summed E-state index contributed by atoms with van der Waals surface area (Å²) < 4.78 is 20.5. The molecule has 4 aromatic rings. The van der Waals surface area contributed by atoms with Gasteiger partial charge in [0.05, 0.1) is 5.39 Å². The number of likely N-dealkylation sites (tertiary alicyclic amines) is 1. The van der Waals surface area contributed by atoms with Gasteiger partial charge in [-0.3, -0.25) is 9.89 Å². The van der Waals surface area contributed by atoms with E-state index in [1.165, 1.54) is 6.08 Å². The number of hydrogen-bond donors (Lipinski definition) is 2. The minimum Gasteiger partial charge on any atom is -0.363 e. The van der Waals surface area contributed by atoms with Gasteiger partial charge in [-0.1, -0.05) is 44.6 Å². The van der Waals surface area contributed by atoms with Crippen molar-refractivity contribution in [3.05, 3.63) is 66.2 Å². The van der Waals surface area contributed by atoms with Gasteiger partial charge >= 0.3 is 0 Å². The lowest BCUT2D eigenvalue weighted by atomic mass is 9.97. The molecule has 1 aromatic carbocycles. The molecule has 1 aliphatic heterocycles. The van der Waals surface area contributed by atoms with Gasteiger partial charge < -0.3 is 14.7 Å². The number of aromatic nitrogens is 5. The summed E-state index contributed by atoms with van der Waals surface area (Å²) in [5.74, 6) is 1.55. The smallest absolute Gasteiger partial charge is 0.246 e. The van der Waals surface area contributed by atoms with E-state index in [9.17, 15) is 4.79 Å². The normalized spacial score (nSPS) is 15.8.